The van der Waals surface area contributed by atoms with Crippen LogP contribution in [0.15, 0.2) is 53.5 Å². The molecular weight excluding hydrogens is 579 g/mol. The first-order valence-electron chi connectivity index (χ1n) is 12.7. The van der Waals surface area contributed by atoms with Gasteiger partial charge in [0, 0.05) is 11.6 Å². The molecular formula is C26H32ClN4O9P. The third kappa shape index (κ3) is 6.73. The number of carbonyl (C=O) groups is 1. The number of nitrogens with one attached hydrogen (secondary N) is 1. The van der Waals surface area contributed by atoms with Crippen molar-refractivity contribution in [2.24, 2.45) is 0 Å². The zero-order valence-electron chi connectivity index (χ0n) is 22.8. The van der Waals surface area contributed by atoms with Gasteiger partial charge in [0.1, 0.15) is 35.4 Å². The number of carbonyl (C=O) groups excluding carboxylic acids is 1. The Labute approximate surface area is 240 Å². The second kappa shape index (κ2) is 12.1. The van der Waals surface area contributed by atoms with E-state index in [2.05, 4.69) is 10.1 Å². The predicted molar refractivity (Wildman–Crippen MR) is 150 cm³/mol. The molecule has 0 bridgehead atoms. The van der Waals surface area contributed by atoms with Gasteiger partial charge in [-0.1, -0.05) is 48.0 Å². The summed E-state index contributed by atoms with van der Waals surface area (Å²) < 4.78 is 37.5. The number of rotatable bonds is 10. The van der Waals surface area contributed by atoms with E-state index in [-0.39, 0.29) is 16.6 Å². The lowest BCUT2D eigenvalue weighted by molar-refractivity contribution is -0.149. The van der Waals surface area contributed by atoms with Crippen LogP contribution in [0.2, 0.25) is 5.02 Å². The molecule has 0 saturated carbocycles. The topological polar surface area (TPSA) is 184 Å². The Hall–Kier alpha value is -3.03. The van der Waals surface area contributed by atoms with Gasteiger partial charge >= 0.3 is 19.4 Å². The van der Waals surface area contributed by atoms with Crippen molar-refractivity contribution in [3.8, 4) is 5.75 Å². The Morgan fingerprint density at radius 1 is 1.27 bits per heavy atom. The predicted octanol–water partition coefficient (Wildman–Crippen LogP) is 2.77. The standard InChI is InChI=1S/C26H32ClN4O9P/c1-14(2)38-23(33)15(3)30-41(36,40-19-11-7-9-16-8-5-6-10-17(16)19)37-13-20-21(32)26(4,35)24(39-20)31-12-18(27)22(28)29-25(31)34/h5-12,14-15,20-21,24,32,35H,13H2,1-4H3,(H,30,36)(H2,28,29,34)/t15-,20-,21-,24?,26-,41?/m1/s1. The Kier molecular flexibility index (Phi) is 9.10. The highest BCUT2D eigenvalue weighted by atomic mass is 35.5. The molecule has 1 fully saturated rings. The molecule has 0 radical (unpaired) electrons. The Bertz CT molecular complexity index is 1530. The lowest BCUT2D eigenvalue weighted by atomic mass is 9.96. The van der Waals surface area contributed by atoms with Crippen LogP contribution in [0.1, 0.15) is 33.9 Å². The lowest BCUT2D eigenvalue weighted by Gasteiger charge is -2.27. The van der Waals surface area contributed by atoms with E-state index in [0.29, 0.717) is 5.39 Å². The molecule has 222 valence electrons. The van der Waals surface area contributed by atoms with Crippen molar-refractivity contribution >= 4 is 41.9 Å². The molecule has 1 aliphatic rings. The second-order valence-corrected chi connectivity index (χ2v) is 12.2. The summed E-state index contributed by atoms with van der Waals surface area (Å²) in [7, 11) is -4.38. The summed E-state index contributed by atoms with van der Waals surface area (Å²) in [6, 6.07) is 11.2. The SMILES string of the molecule is CC(C)OC(=O)[C@@H](C)NP(=O)(OC[C@H]1OC(n2cc(Cl)c(N)nc2=O)[C@](C)(O)[C@@H]1O)Oc1cccc2ccccc12. The number of nitrogen functional groups attached to an aromatic ring is 1. The van der Waals surface area contributed by atoms with Crippen molar-refractivity contribution in [3.63, 3.8) is 0 Å². The number of aliphatic hydroxyl groups is 2. The Balaban J connectivity index is 1.60. The third-order valence-corrected chi connectivity index (χ3v) is 8.30. The zero-order valence-corrected chi connectivity index (χ0v) is 24.4. The van der Waals surface area contributed by atoms with Crippen molar-refractivity contribution in [1.82, 2.24) is 14.6 Å². The van der Waals surface area contributed by atoms with Gasteiger partial charge in [0.05, 0.1) is 17.7 Å². The van der Waals surface area contributed by atoms with Crippen LogP contribution in [0.5, 0.6) is 5.75 Å². The number of hydrogen-bond acceptors (Lipinski definition) is 11. The molecule has 15 heteroatoms. The molecule has 3 aromatic rings. The fourth-order valence-corrected chi connectivity index (χ4v) is 5.96. The van der Waals surface area contributed by atoms with Crippen LogP contribution in [0.4, 0.5) is 5.82 Å². The lowest BCUT2D eigenvalue weighted by Crippen LogP contribution is -2.46. The summed E-state index contributed by atoms with van der Waals surface area (Å²) in [5.74, 6) is -0.707. The van der Waals surface area contributed by atoms with E-state index in [1.165, 1.54) is 13.8 Å². The van der Waals surface area contributed by atoms with Gasteiger partial charge in [0.2, 0.25) is 0 Å². The molecule has 1 saturated heterocycles. The number of anilines is 1. The number of nitrogens with two attached hydrogens (primary N) is 1. The fraction of sp³-hybridized carbons (Fsp3) is 0.423. The van der Waals surface area contributed by atoms with Crippen LogP contribution < -0.4 is 21.0 Å². The van der Waals surface area contributed by atoms with Gasteiger partial charge in [-0.2, -0.15) is 10.1 Å². The van der Waals surface area contributed by atoms with E-state index in [1.807, 2.05) is 18.2 Å². The number of benzene rings is 2. The first kappa shape index (κ1) is 30.9. The summed E-state index contributed by atoms with van der Waals surface area (Å²) in [5.41, 5.74) is 2.67. The van der Waals surface area contributed by atoms with Crippen molar-refractivity contribution in [1.29, 1.82) is 0 Å². The van der Waals surface area contributed by atoms with Gasteiger partial charge in [-0.3, -0.25) is 13.9 Å². The number of ether oxygens (including phenoxy) is 2. The molecule has 1 aromatic heterocycles. The van der Waals surface area contributed by atoms with Gasteiger partial charge in [0.15, 0.2) is 6.23 Å². The van der Waals surface area contributed by atoms with E-state index >= 15 is 0 Å². The third-order valence-electron chi connectivity index (χ3n) is 6.38. The highest BCUT2D eigenvalue weighted by molar-refractivity contribution is 7.52. The molecule has 5 N–H and O–H groups in total. The molecule has 41 heavy (non-hydrogen) atoms. The van der Waals surface area contributed by atoms with Gasteiger partial charge in [0.25, 0.3) is 0 Å². The molecule has 0 amide bonds. The first-order chi connectivity index (χ1) is 19.2. The number of hydrogen-bond donors (Lipinski definition) is 4. The number of aromatic nitrogens is 2. The number of halogens is 1. The molecule has 2 unspecified atom stereocenters. The van der Waals surface area contributed by atoms with E-state index in [9.17, 15) is 24.4 Å². The van der Waals surface area contributed by atoms with Crippen LogP contribution in [0, 0.1) is 0 Å². The summed E-state index contributed by atoms with van der Waals surface area (Å²) >= 11 is 6.00. The van der Waals surface area contributed by atoms with E-state index in [1.54, 1.807) is 38.1 Å². The quantitative estimate of drug-likeness (QED) is 0.195. The maximum Gasteiger partial charge on any atom is 0.459 e. The smallest absolute Gasteiger partial charge is 0.459 e. The monoisotopic (exact) mass is 610 g/mol. The number of nitrogens with zero attached hydrogens (tertiary/aromatic N) is 2. The molecule has 2 heterocycles. The fourth-order valence-electron chi connectivity index (χ4n) is 4.29. The highest BCUT2D eigenvalue weighted by Crippen LogP contribution is 2.48. The maximum absolute atomic E-state index is 14.1. The van der Waals surface area contributed by atoms with Crippen LogP contribution in [0.25, 0.3) is 10.8 Å². The van der Waals surface area contributed by atoms with Crippen LogP contribution in [-0.2, 0) is 23.4 Å². The minimum atomic E-state index is -4.38. The summed E-state index contributed by atoms with van der Waals surface area (Å²) in [6.07, 6.45) is -3.67. The molecule has 4 rings (SSSR count). The number of esters is 1. The van der Waals surface area contributed by atoms with Crippen LogP contribution >= 0.6 is 19.3 Å². The first-order valence-corrected chi connectivity index (χ1v) is 14.6. The molecule has 13 nitrogen and oxygen atoms in total. The van der Waals surface area contributed by atoms with Gasteiger partial charge in [-0.25, -0.2) is 9.36 Å². The van der Waals surface area contributed by atoms with Gasteiger partial charge < -0.3 is 29.9 Å². The van der Waals surface area contributed by atoms with Gasteiger partial charge in [-0.15, -0.1) is 0 Å². The maximum atomic E-state index is 14.1. The minimum Gasteiger partial charge on any atom is -0.462 e. The largest absolute Gasteiger partial charge is 0.462 e. The molecule has 0 aliphatic carbocycles. The Morgan fingerprint density at radius 2 is 1.95 bits per heavy atom. The van der Waals surface area contributed by atoms with Crippen LogP contribution in [0.3, 0.4) is 0 Å². The van der Waals surface area contributed by atoms with Gasteiger partial charge in [-0.05, 0) is 39.1 Å². The minimum absolute atomic E-state index is 0.0716. The summed E-state index contributed by atoms with van der Waals surface area (Å²) in [5, 5.41) is 25.9. The van der Waals surface area contributed by atoms with Crippen molar-refractivity contribution in [2.75, 3.05) is 12.3 Å². The van der Waals surface area contributed by atoms with Crippen LogP contribution in [-0.4, -0.2) is 62.3 Å². The zero-order chi connectivity index (χ0) is 30.1. The van der Waals surface area contributed by atoms with E-state index in [0.717, 1.165) is 16.2 Å². The molecule has 0 spiro atoms. The van der Waals surface area contributed by atoms with E-state index in [4.69, 9.17) is 35.9 Å². The second-order valence-electron chi connectivity index (χ2n) is 10.1. The highest BCUT2D eigenvalue weighted by Gasteiger charge is 2.54. The number of aliphatic hydroxyl groups excluding tert-OH is 1. The van der Waals surface area contributed by atoms with Crippen molar-refractivity contribution in [2.45, 2.75) is 63.9 Å². The summed E-state index contributed by atoms with van der Waals surface area (Å²) in [6.45, 7) is 5.43. The average molecular weight is 611 g/mol. The normalized spacial score (nSPS) is 24.7. The molecule has 1 aliphatic heterocycles. The Morgan fingerprint density at radius 3 is 2.66 bits per heavy atom. The van der Waals surface area contributed by atoms with E-state index < -0.39 is 62.2 Å². The average Bonchev–Trinajstić information content (AvgIpc) is 3.13. The molecule has 6 atom stereocenters. The molecule has 2 aromatic carbocycles. The van der Waals surface area contributed by atoms with Crippen molar-refractivity contribution < 1.29 is 38.1 Å². The summed E-state index contributed by atoms with van der Waals surface area (Å²) in [4.78, 5) is 28.6. The van der Waals surface area contributed by atoms with Crippen molar-refractivity contribution in [3.05, 3.63) is 64.2 Å². The number of fused-ring (bicyclic) bond motifs is 1.